The zero-order chi connectivity index (χ0) is 13.3. The molecule has 0 unspecified atom stereocenters. The average Bonchev–Trinajstić information content (AvgIpc) is 2.27. The van der Waals surface area contributed by atoms with Crippen LogP contribution in [0.5, 0.6) is 0 Å². The molecule has 0 aromatic heterocycles. The third kappa shape index (κ3) is 2.56. The van der Waals surface area contributed by atoms with Gasteiger partial charge in [0.1, 0.15) is 0 Å². The summed E-state index contributed by atoms with van der Waals surface area (Å²) in [7, 11) is 0. The van der Waals surface area contributed by atoms with Crippen LogP contribution >= 0.6 is 0 Å². The van der Waals surface area contributed by atoms with Gasteiger partial charge in [-0.2, -0.15) is 0 Å². The van der Waals surface area contributed by atoms with E-state index in [0.717, 1.165) is 18.8 Å². The SMILES string of the molecule is C[C@@H]1CN(c2ccc(C(=O)O)cc2N)C[C@H](C)O1. The highest BCUT2D eigenvalue weighted by Crippen LogP contribution is 2.27. The first-order valence-electron chi connectivity index (χ1n) is 6.00. The van der Waals surface area contributed by atoms with Gasteiger partial charge in [-0.25, -0.2) is 4.79 Å². The van der Waals surface area contributed by atoms with Gasteiger partial charge in [-0.15, -0.1) is 0 Å². The number of hydrogen-bond acceptors (Lipinski definition) is 4. The van der Waals surface area contributed by atoms with Crippen molar-refractivity contribution >= 4 is 17.3 Å². The summed E-state index contributed by atoms with van der Waals surface area (Å²) in [5, 5.41) is 8.91. The Morgan fingerprint density at radius 3 is 2.50 bits per heavy atom. The number of nitrogens with two attached hydrogens (primary N) is 1. The van der Waals surface area contributed by atoms with Gasteiger partial charge in [0.05, 0.1) is 29.1 Å². The topological polar surface area (TPSA) is 75.8 Å². The second kappa shape index (κ2) is 4.86. The van der Waals surface area contributed by atoms with Crippen molar-refractivity contribution in [2.24, 2.45) is 0 Å². The Morgan fingerprint density at radius 1 is 1.39 bits per heavy atom. The first-order valence-corrected chi connectivity index (χ1v) is 6.00. The molecule has 0 saturated carbocycles. The molecule has 1 fully saturated rings. The number of morpholine rings is 1. The fourth-order valence-electron chi connectivity index (χ4n) is 2.35. The summed E-state index contributed by atoms with van der Waals surface area (Å²) >= 11 is 0. The zero-order valence-electron chi connectivity index (χ0n) is 10.6. The van der Waals surface area contributed by atoms with Crippen molar-refractivity contribution in [1.82, 2.24) is 0 Å². The highest BCUT2D eigenvalue weighted by Gasteiger charge is 2.23. The number of hydrogen-bond donors (Lipinski definition) is 2. The van der Waals surface area contributed by atoms with Crippen LogP contribution in [0.2, 0.25) is 0 Å². The fraction of sp³-hybridized carbons (Fsp3) is 0.462. The Kier molecular flexibility index (Phi) is 3.43. The van der Waals surface area contributed by atoms with Crippen LogP contribution in [0.1, 0.15) is 24.2 Å². The van der Waals surface area contributed by atoms with E-state index in [1.54, 1.807) is 12.1 Å². The van der Waals surface area contributed by atoms with E-state index < -0.39 is 5.97 Å². The summed E-state index contributed by atoms with van der Waals surface area (Å²) in [5.74, 6) is -0.961. The maximum atomic E-state index is 10.9. The van der Waals surface area contributed by atoms with Gasteiger partial charge in [0.2, 0.25) is 0 Å². The molecule has 2 atom stereocenters. The van der Waals surface area contributed by atoms with E-state index in [-0.39, 0.29) is 17.8 Å². The van der Waals surface area contributed by atoms with Crippen molar-refractivity contribution in [3.63, 3.8) is 0 Å². The van der Waals surface area contributed by atoms with Gasteiger partial charge in [-0.1, -0.05) is 0 Å². The molecule has 0 bridgehead atoms. The predicted molar refractivity (Wildman–Crippen MR) is 70.0 cm³/mol. The van der Waals surface area contributed by atoms with Crippen molar-refractivity contribution in [3.05, 3.63) is 23.8 Å². The van der Waals surface area contributed by atoms with Crippen LogP contribution in [-0.4, -0.2) is 36.4 Å². The van der Waals surface area contributed by atoms with E-state index in [0.29, 0.717) is 5.69 Å². The summed E-state index contributed by atoms with van der Waals surface area (Å²) in [4.78, 5) is 13.0. The molecule has 1 aliphatic heterocycles. The molecular formula is C13H18N2O3. The molecule has 0 aliphatic carbocycles. The van der Waals surface area contributed by atoms with E-state index >= 15 is 0 Å². The molecule has 1 aromatic rings. The van der Waals surface area contributed by atoms with Crippen LogP contribution < -0.4 is 10.6 Å². The zero-order valence-corrected chi connectivity index (χ0v) is 10.6. The van der Waals surface area contributed by atoms with Crippen molar-refractivity contribution in [3.8, 4) is 0 Å². The lowest BCUT2D eigenvalue weighted by molar-refractivity contribution is -0.00517. The summed E-state index contributed by atoms with van der Waals surface area (Å²) < 4.78 is 5.66. The van der Waals surface area contributed by atoms with Gasteiger partial charge in [0, 0.05) is 13.1 Å². The molecule has 2 rings (SSSR count). The van der Waals surface area contributed by atoms with Crippen molar-refractivity contribution < 1.29 is 14.6 Å². The molecule has 1 saturated heterocycles. The molecule has 1 aromatic carbocycles. The normalized spacial score (nSPS) is 24.0. The number of aromatic carboxylic acids is 1. The summed E-state index contributed by atoms with van der Waals surface area (Å²) in [6.07, 6.45) is 0.291. The van der Waals surface area contributed by atoms with Crippen molar-refractivity contribution in [2.75, 3.05) is 23.7 Å². The number of rotatable bonds is 2. The van der Waals surface area contributed by atoms with E-state index in [9.17, 15) is 4.79 Å². The standard InChI is InChI=1S/C13H18N2O3/c1-8-6-15(7-9(2)18-8)12-4-3-10(13(16)17)5-11(12)14/h3-5,8-9H,6-7,14H2,1-2H3,(H,16,17)/t8-,9+. The van der Waals surface area contributed by atoms with Crippen LogP contribution in [0.15, 0.2) is 18.2 Å². The molecule has 1 aliphatic rings. The van der Waals surface area contributed by atoms with Crippen LogP contribution in [0.3, 0.4) is 0 Å². The number of carboxylic acids is 1. The van der Waals surface area contributed by atoms with Gasteiger partial charge in [0.15, 0.2) is 0 Å². The third-order valence-electron chi connectivity index (χ3n) is 3.03. The number of ether oxygens (including phenoxy) is 1. The lowest BCUT2D eigenvalue weighted by Gasteiger charge is -2.37. The van der Waals surface area contributed by atoms with E-state index in [2.05, 4.69) is 4.90 Å². The van der Waals surface area contributed by atoms with Crippen LogP contribution in [0.25, 0.3) is 0 Å². The fourth-order valence-corrected chi connectivity index (χ4v) is 2.35. The Labute approximate surface area is 106 Å². The number of carboxylic acid groups (broad SMARTS) is 1. The third-order valence-corrected chi connectivity index (χ3v) is 3.03. The summed E-state index contributed by atoms with van der Waals surface area (Å²) in [5.41, 5.74) is 7.52. The number of nitrogens with zero attached hydrogens (tertiary/aromatic N) is 1. The number of nitrogen functional groups attached to an aromatic ring is 1. The number of anilines is 2. The van der Waals surface area contributed by atoms with E-state index in [4.69, 9.17) is 15.6 Å². The highest BCUT2D eigenvalue weighted by atomic mass is 16.5. The molecule has 98 valence electrons. The molecule has 5 nitrogen and oxygen atoms in total. The minimum Gasteiger partial charge on any atom is -0.478 e. The molecule has 18 heavy (non-hydrogen) atoms. The second-order valence-corrected chi connectivity index (χ2v) is 4.74. The largest absolute Gasteiger partial charge is 0.478 e. The maximum absolute atomic E-state index is 10.9. The maximum Gasteiger partial charge on any atom is 0.335 e. The minimum absolute atomic E-state index is 0.146. The molecule has 0 amide bonds. The van der Waals surface area contributed by atoms with E-state index in [1.165, 1.54) is 6.07 Å². The molecule has 1 heterocycles. The van der Waals surface area contributed by atoms with Crippen molar-refractivity contribution in [2.45, 2.75) is 26.1 Å². The molecule has 0 spiro atoms. The first-order chi connectivity index (χ1) is 8.47. The van der Waals surface area contributed by atoms with Gasteiger partial charge in [-0.05, 0) is 32.0 Å². The van der Waals surface area contributed by atoms with Crippen LogP contribution in [0.4, 0.5) is 11.4 Å². The van der Waals surface area contributed by atoms with Gasteiger partial charge >= 0.3 is 5.97 Å². The molecule has 0 radical (unpaired) electrons. The summed E-state index contributed by atoms with van der Waals surface area (Å²) in [6.45, 7) is 5.57. The van der Waals surface area contributed by atoms with Gasteiger partial charge in [-0.3, -0.25) is 0 Å². The highest BCUT2D eigenvalue weighted by molar-refractivity contribution is 5.90. The number of carbonyl (C=O) groups is 1. The molecule has 3 N–H and O–H groups in total. The smallest absolute Gasteiger partial charge is 0.335 e. The molecule has 5 heteroatoms. The lowest BCUT2D eigenvalue weighted by Crippen LogP contribution is -2.45. The Balaban J connectivity index is 2.25. The second-order valence-electron chi connectivity index (χ2n) is 4.74. The lowest BCUT2D eigenvalue weighted by atomic mass is 10.1. The van der Waals surface area contributed by atoms with E-state index in [1.807, 2.05) is 13.8 Å². The van der Waals surface area contributed by atoms with Crippen molar-refractivity contribution in [1.29, 1.82) is 0 Å². The minimum atomic E-state index is -0.961. The quantitative estimate of drug-likeness (QED) is 0.779. The van der Waals surface area contributed by atoms with Gasteiger partial charge in [0.25, 0.3) is 0 Å². The monoisotopic (exact) mass is 250 g/mol. The first kappa shape index (κ1) is 12.7. The number of benzene rings is 1. The average molecular weight is 250 g/mol. The Hall–Kier alpha value is -1.75. The predicted octanol–water partition coefficient (Wildman–Crippen LogP) is 1.58. The Bertz CT molecular complexity index is 452. The van der Waals surface area contributed by atoms with Gasteiger partial charge < -0.3 is 20.5 Å². The summed E-state index contributed by atoms with van der Waals surface area (Å²) in [6, 6.07) is 4.85. The van der Waals surface area contributed by atoms with Crippen LogP contribution in [-0.2, 0) is 4.74 Å². The molecular weight excluding hydrogens is 232 g/mol. The Morgan fingerprint density at radius 2 is 2.00 bits per heavy atom. The van der Waals surface area contributed by atoms with Crippen LogP contribution in [0, 0.1) is 0 Å².